The van der Waals surface area contributed by atoms with E-state index in [0.29, 0.717) is 41.8 Å². The summed E-state index contributed by atoms with van der Waals surface area (Å²) in [6.07, 6.45) is 1.42. The molecule has 4 rings (SSSR count). The maximum atomic E-state index is 13.9. The SMILES string of the molecule is Cc1ccccc1C(=O)NC1CCN(C(=O)c2cc3c(F)cccc3s2)CC1. The zero-order valence-electron chi connectivity index (χ0n) is 15.6. The summed E-state index contributed by atoms with van der Waals surface area (Å²) in [6, 6.07) is 14.1. The molecule has 2 heterocycles. The third-order valence-corrected chi connectivity index (χ3v) is 6.31. The minimum atomic E-state index is -0.301. The number of rotatable bonds is 3. The quantitative estimate of drug-likeness (QED) is 0.714. The molecule has 2 amide bonds. The Labute approximate surface area is 167 Å². The maximum absolute atomic E-state index is 13.9. The molecule has 1 saturated heterocycles. The number of fused-ring (bicyclic) bond motifs is 1. The molecule has 6 heteroatoms. The van der Waals surface area contributed by atoms with Crippen LogP contribution < -0.4 is 5.32 Å². The Morgan fingerprint density at radius 3 is 2.57 bits per heavy atom. The third kappa shape index (κ3) is 3.64. The van der Waals surface area contributed by atoms with Gasteiger partial charge in [-0.1, -0.05) is 24.3 Å². The lowest BCUT2D eigenvalue weighted by Gasteiger charge is -2.32. The largest absolute Gasteiger partial charge is 0.349 e. The van der Waals surface area contributed by atoms with E-state index in [4.69, 9.17) is 0 Å². The van der Waals surface area contributed by atoms with Crippen molar-refractivity contribution in [1.29, 1.82) is 0 Å². The van der Waals surface area contributed by atoms with E-state index < -0.39 is 0 Å². The number of aryl methyl sites for hydroxylation is 1. The highest BCUT2D eigenvalue weighted by atomic mass is 32.1. The van der Waals surface area contributed by atoms with Crippen LogP contribution in [-0.4, -0.2) is 35.8 Å². The summed E-state index contributed by atoms with van der Waals surface area (Å²) < 4.78 is 14.7. The van der Waals surface area contributed by atoms with E-state index in [1.54, 1.807) is 17.0 Å². The fourth-order valence-electron chi connectivity index (χ4n) is 3.60. The number of halogens is 1. The van der Waals surface area contributed by atoms with Crippen molar-refractivity contribution in [3.63, 3.8) is 0 Å². The number of hydrogen-bond donors (Lipinski definition) is 1. The van der Waals surface area contributed by atoms with Crippen LogP contribution in [0.3, 0.4) is 0 Å². The minimum absolute atomic E-state index is 0.0519. The molecule has 0 saturated carbocycles. The van der Waals surface area contributed by atoms with Gasteiger partial charge in [0, 0.05) is 34.8 Å². The summed E-state index contributed by atoms with van der Waals surface area (Å²) in [5, 5.41) is 3.58. The Kier molecular flexibility index (Phi) is 5.13. The van der Waals surface area contributed by atoms with Gasteiger partial charge in [0.15, 0.2) is 0 Å². The van der Waals surface area contributed by atoms with Crippen LogP contribution in [0.25, 0.3) is 10.1 Å². The molecule has 1 N–H and O–H groups in total. The number of carbonyl (C=O) groups excluding carboxylic acids is 2. The summed E-state index contributed by atoms with van der Waals surface area (Å²) in [6.45, 7) is 3.08. The molecule has 1 aromatic heterocycles. The molecule has 4 nitrogen and oxygen atoms in total. The first-order chi connectivity index (χ1) is 13.5. The van der Waals surface area contributed by atoms with Crippen molar-refractivity contribution in [2.24, 2.45) is 0 Å². The normalized spacial score (nSPS) is 15.0. The highest BCUT2D eigenvalue weighted by Crippen LogP contribution is 2.29. The second kappa shape index (κ2) is 7.72. The number of amides is 2. The molecule has 1 fully saturated rings. The fourth-order valence-corrected chi connectivity index (χ4v) is 4.65. The molecule has 1 aliphatic heterocycles. The van der Waals surface area contributed by atoms with Crippen LogP contribution in [0.15, 0.2) is 48.5 Å². The van der Waals surface area contributed by atoms with Crippen molar-refractivity contribution in [2.45, 2.75) is 25.8 Å². The van der Waals surface area contributed by atoms with Gasteiger partial charge in [-0.25, -0.2) is 4.39 Å². The predicted molar refractivity (Wildman–Crippen MR) is 109 cm³/mol. The van der Waals surface area contributed by atoms with E-state index in [9.17, 15) is 14.0 Å². The van der Waals surface area contributed by atoms with Crippen molar-refractivity contribution in [3.8, 4) is 0 Å². The van der Waals surface area contributed by atoms with Gasteiger partial charge in [-0.05, 0) is 49.6 Å². The molecule has 0 bridgehead atoms. The minimum Gasteiger partial charge on any atom is -0.349 e. The molecular formula is C22H21FN2O2S. The lowest BCUT2D eigenvalue weighted by Crippen LogP contribution is -2.46. The van der Waals surface area contributed by atoms with Crippen LogP contribution in [-0.2, 0) is 0 Å². The lowest BCUT2D eigenvalue weighted by atomic mass is 10.0. The Bertz CT molecular complexity index is 1040. The van der Waals surface area contributed by atoms with Crippen LogP contribution in [0.1, 0.15) is 38.4 Å². The van der Waals surface area contributed by atoms with Gasteiger partial charge in [0.2, 0.25) is 0 Å². The average Bonchev–Trinajstić information content (AvgIpc) is 3.14. The van der Waals surface area contributed by atoms with Gasteiger partial charge in [0.05, 0.1) is 4.88 Å². The van der Waals surface area contributed by atoms with Gasteiger partial charge in [-0.15, -0.1) is 11.3 Å². The molecule has 2 aromatic carbocycles. The zero-order chi connectivity index (χ0) is 19.7. The Hall–Kier alpha value is -2.73. The summed E-state index contributed by atoms with van der Waals surface area (Å²) in [5.74, 6) is -0.433. The summed E-state index contributed by atoms with van der Waals surface area (Å²) in [7, 11) is 0. The van der Waals surface area contributed by atoms with Crippen LogP contribution in [0.2, 0.25) is 0 Å². The Balaban J connectivity index is 1.38. The van der Waals surface area contributed by atoms with Crippen LogP contribution in [0.4, 0.5) is 4.39 Å². The summed E-state index contributed by atoms with van der Waals surface area (Å²) in [5.41, 5.74) is 1.64. The molecule has 0 unspecified atom stereocenters. The Morgan fingerprint density at radius 2 is 1.86 bits per heavy atom. The van der Waals surface area contributed by atoms with Gasteiger partial charge in [0.1, 0.15) is 5.82 Å². The molecule has 3 aromatic rings. The van der Waals surface area contributed by atoms with Crippen LogP contribution in [0.5, 0.6) is 0 Å². The van der Waals surface area contributed by atoms with Gasteiger partial charge < -0.3 is 10.2 Å². The molecule has 0 aliphatic carbocycles. The summed E-state index contributed by atoms with van der Waals surface area (Å²) in [4.78, 5) is 27.6. The molecule has 1 aliphatic rings. The van der Waals surface area contributed by atoms with E-state index in [-0.39, 0.29) is 23.7 Å². The molecule has 144 valence electrons. The molecule has 0 atom stereocenters. The number of thiophene rings is 1. The number of hydrogen-bond acceptors (Lipinski definition) is 3. The molecule has 0 spiro atoms. The first kappa shape index (κ1) is 18.6. The van der Waals surface area contributed by atoms with Gasteiger partial charge in [-0.3, -0.25) is 9.59 Å². The van der Waals surface area contributed by atoms with Crippen molar-refractivity contribution in [2.75, 3.05) is 13.1 Å². The van der Waals surface area contributed by atoms with E-state index in [1.807, 2.05) is 37.3 Å². The summed E-state index contributed by atoms with van der Waals surface area (Å²) >= 11 is 1.32. The van der Waals surface area contributed by atoms with Gasteiger partial charge in [0.25, 0.3) is 11.8 Å². The monoisotopic (exact) mass is 396 g/mol. The second-order valence-electron chi connectivity index (χ2n) is 7.12. The number of carbonyl (C=O) groups is 2. The topological polar surface area (TPSA) is 49.4 Å². The van der Waals surface area contributed by atoms with E-state index >= 15 is 0 Å². The maximum Gasteiger partial charge on any atom is 0.263 e. The van der Waals surface area contributed by atoms with Crippen LogP contribution in [0, 0.1) is 12.7 Å². The van der Waals surface area contributed by atoms with E-state index in [1.165, 1.54) is 17.4 Å². The fraction of sp³-hybridized carbons (Fsp3) is 0.273. The van der Waals surface area contributed by atoms with Crippen molar-refractivity contribution in [3.05, 3.63) is 70.4 Å². The Morgan fingerprint density at radius 1 is 1.11 bits per heavy atom. The first-order valence-electron chi connectivity index (χ1n) is 9.37. The number of nitrogens with zero attached hydrogens (tertiary/aromatic N) is 1. The van der Waals surface area contributed by atoms with Crippen LogP contribution >= 0.6 is 11.3 Å². The standard InChI is InChI=1S/C22H21FN2O2S/c1-14-5-2-3-6-16(14)21(26)24-15-9-11-25(12-10-15)22(27)20-13-17-18(23)7-4-8-19(17)28-20/h2-8,13,15H,9-12H2,1H3,(H,24,26). The highest BCUT2D eigenvalue weighted by Gasteiger charge is 2.26. The predicted octanol–water partition coefficient (Wildman–Crippen LogP) is 4.38. The highest BCUT2D eigenvalue weighted by molar-refractivity contribution is 7.20. The zero-order valence-corrected chi connectivity index (χ0v) is 16.4. The number of benzene rings is 2. The van der Waals surface area contributed by atoms with E-state index in [0.717, 1.165) is 10.3 Å². The average molecular weight is 396 g/mol. The number of piperidine rings is 1. The smallest absolute Gasteiger partial charge is 0.263 e. The van der Waals surface area contributed by atoms with Crippen molar-refractivity contribution < 1.29 is 14.0 Å². The first-order valence-corrected chi connectivity index (χ1v) is 10.2. The molecule has 28 heavy (non-hydrogen) atoms. The van der Waals surface area contributed by atoms with Crippen molar-refractivity contribution >= 4 is 33.2 Å². The van der Waals surface area contributed by atoms with Crippen molar-refractivity contribution in [1.82, 2.24) is 10.2 Å². The van der Waals surface area contributed by atoms with E-state index in [2.05, 4.69) is 5.32 Å². The van der Waals surface area contributed by atoms with Gasteiger partial charge >= 0.3 is 0 Å². The molecule has 0 radical (unpaired) electrons. The third-order valence-electron chi connectivity index (χ3n) is 5.23. The number of likely N-dealkylation sites (tertiary alicyclic amines) is 1. The second-order valence-corrected chi connectivity index (χ2v) is 8.20. The molecular weight excluding hydrogens is 375 g/mol. The number of nitrogens with one attached hydrogen (secondary N) is 1. The van der Waals surface area contributed by atoms with Gasteiger partial charge in [-0.2, -0.15) is 0 Å². The lowest BCUT2D eigenvalue weighted by molar-refractivity contribution is 0.0703.